The first-order chi connectivity index (χ1) is 23.8. The van der Waals surface area contributed by atoms with Crippen molar-refractivity contribution >= 4 is 52.3 Å². The Labute approximate surface area is 297 Å². The van der Waals surface area contributed by atoms with Crippen molar-refractivity contribution in [2.45, 2.75) is 35.3 Å². The van der Waals surface area contributed by atoms with E-state index in [-0.39, 0.29) is 9.79 Å². The Kier molecular flexibility index (Phi) is 10.4. The number of aryl methyl sites for hydroxylation is 1. The second-order valence-electron chi connectivity index (χ2n) is 12.4. The van der Waals surface area contributed by atoms with Gasteiger partial charge < -0.3 is 4.55 Å². The molecule has 4 aromatic carbocycles. The first-order valence-electron chi connectivity index (χ1n) is 15.4. The maximum absolute atomic E-state index is 12.7. The van der Waals surface area contributed by atoms with Crippen LogP contribution in [0.1, 0.15) is 42.3 Å². The first-order valence-corrected chi connectivity index (χ1v) is 20.6. The zero-order chi connectivity index (χ0) is 37.2. The summed E-state index contributed by atoms with van der Waals surface area (Å²) in [5, 5.41) is 4.83. The Morgan fingerprint density at radius 1 is 0.804 bits per heavy atom. The van der Waals surface area contributed by atoms with Crippen molar-refractivity contribution in [2.24, 2.45) is 0 Å². The number of nitrogens with one attached hydrogen (secondary N) is 1. The molecule has 0 atom stereocenters. The van der Waals surface area contributed by atoms with Gasteiger partial charge in [0.2, 0.25) is 0 Å². The predicted octanol–water partition coefficient (Wildman–Crippen LogP) is 5.88. The zero-order valence-electron chi connectivity index (χ0n) is 28.4. The van der Waals surface area contributed by atoms with E-state index >= 15 is 0 Å². The van der Waals surface area contributed by atoms with Crippen LogP contribution in [0.3, 0.4) is 0 Å². The fourth-order valence-corrected chi connectivity index (χ4v) is 6.79. The minimum Gasteiger partial charge on any atom is -0.744 e. The molecule has 0 aliphatic rings. The molecule has 0 saturated carbocycles. The number of benzene rings is 4. The van der Waals surface area contributed by atoms with Crippen LogP contribution in [0.15, 0.2) is 124 Å². The van der Waals surface area contributed by atoms with Gasteiger partial charge in [0.15, 0.2) is 24.8 Å². The highest BCUT2D eigenvalue weighted by molar-refractivity contribution is 7.91. The third-order valence-corrected chi connectivity index (χ3v) is 12.3. The molecule has 0 bridgehead atoms. The van der Waals surface area contributed by atoms with E-state index in [1.807, 2.05) is 54.6 Å². The van der Waals surface area contributed by atoms with Crippen molar-refractivity contribution < 1.29 is 39.3 Å². The summed E-state index contributed by atoms with van der Waals surface area (Å²) in [6.07, 6.45) is 6.06. The van der Waals surface area contributed by atoms with Crippen molar-refractivity contribution in [3.05, 3.63) is 138 Å². The number of hydrogen-bond donors (Lipinski definition) is 0. The van der Waals surface area contributed by atoms with E-state index in [0.717, 1.165) is 33.2 Å². The smallest absolute Gasteiger partial charge is 0.346 e. The molecule has 0 fully saturated rings. The van der Waals surface area contributed by atoms with E-state index in [4.69, 9.17) is 4.52 Å². The minimum absolute atomic E-state index is 0.185. The quantitative estimate of drug-likeness (QED) is 0.135. The third-order valence-electron chi connectivity index (χ3n) is 8.27. The summed E-state index contributed by atoms with van der Waals surface area (Å²) >= 11 is 0. The van der Waals surface area contributed by atoms with Crippen LogP contribution in [0.25, 0.3) is 33.7 Å². The monoisotopic (exact) mass is 745 g/mol. The van der Waals surface area contributed by atoms with Gasteiger partial charge in [-0.3, -0.25) is 4.98 Å². The number of hydrogen-bond acceptors (Lipinski definition) is 10. The van der Waals surface area contributed by atoms with Crippen LogP contribution in [-0.4, -0.2) is 52.5 Å². The Balaban J connectivity index is 0.000000435. The van der Waals surface area contributed by atoms with E-state index in [2.05, 4.69) is 15.1 Å². The van der Waals surface area contributed by atoms with Crippen LogP contribution < -0.4 is 4.98 Å². The minimum atomic E-state index is -4.25. The van der Waals surface area contributed by atoms with Crippen molar-refractivity contribution in [1.82, 2.24) is 10.1 Å². The lowest BCUT2D eigenvalue weighted by Gasteiger charge is -2.24. The summed E-state index contributed by atoms with van der Waals surface area (Å²) in [7, 11) is -11.0. The molecule has 14 heteroatoms. The Morgan fingerprint density at radius 2 is 1.49 bits per heavy atom. The maximum atomic E-state index is 12.7. The molecule has 51 heavy (non-hydrogen) atoms. The molecular formula is C37H35N3O8S3. The van der Waals surface area contributed by atoms with Gasteiger partial charge in [-0.1, -0.05) is 54.6 Å². The average molecular weight is 746 g/mol. The highest BCUT2D eigenvalue weighted by atomic mass is 32.2. The van der Waals surface area contributed by atoms with Gasteiger partial charge in [0.05, 0.1) is 25.6 Å². The summed E-state index contributed by atoms with van der Waals surface area (Å²) < 4.78 is 84.6. The third kappa shape index (κ3) is 8.66. The van der Waals surface area contributed by atoms with Crippen LogP contribution in [0.5, 0.6) is 0 Å². The number of aromatic nitrogens is 3. The van der Waals surface area contributed by atoms with Gasteiger partial charge in [0, 0.05) is 36.6 Å². The number of pyridine rings is 1. The lowest BCUT2D eigenvalue weighted by molar-refractivity contribution is -0.397. The van der Waals surface area contributed by atoms with Crippen LogP contribution in [0.2, 0.25) is 0 Å². The fourth-order valence-electron chi connectivity index (χ4n) is 5.13. The van der Waals surface area contributed by atoms with E-state index < -0.39 is 34.5 Å². The molecule has 0 unspecified atom stereocenters. The second kappa shape index (κ2) is 14.3. The number of nitrogens with zero attached hydrogens (tertiary/aromatic N) is 2. The fraction of sp³-hybridized carbons (Fsp3) is 0.162. The van der Waals surface area contributed by atoms with E-state index in [9.17, 15) is 29.8 Å². The predicted molar refractivity (Wildman–Crippen MR) is 194 cm³/mol. The Hall–Kier alpha value is -5.02. The molecule has 0 aliphatic carbocycles. The van der Waals surface area contributed by atoms with Crippen molar-refractivity contribution in [1.29, 1.82) is 0 Å². The molecule has 0 amide bonds. The normalized spacial score (nSPS) is 12.7. The summed E-state index contributed by atoms with van der Waals surface area (Å²) in [5.74, 6) is 1.01. The highest BCUT2D eigenvalue weighted by Crippen LogP contribution is 2.37. The summed E-state index contributed by atoms with van der Waals surface area (Å²) in [5.41, 5.74) is 5.36. The van der Waals surface area contributed by atoms with Gasteiger partial charge in [-0.15, -0.1) is 0 Å². The topological polar surface area (TPSA) is 179 Å². The summed E-state index contributed by atoms with van der Waals surface area (Å²) in [6, 6.07) is 29.1. The van der Waals surface area contributed by atoms with Gasteiger partial charge in [-0.2, -0.15) is 0 Å². The lowest BCUT2D eigenvalue weighted by atomic mass is 9.92. The van der Waals surface area contributed by atoms with Gasteiger partial charge >= 0.3 is 11.7 Å². The highest BCUT2D eigenvalue weighted by Gasteiger charge is 2.33. The molecule has 11 nitrogen and oxygen atoms in total. The molecule has 6 rings (SSSR count). The van der Waals surface area contributed by atoms with Gasteiger partial charge in [-0.25, -0.2) is 34.8 Å². The SMILES string of the molecule is Cc1noc(/C(=C/c2cccc(-c3cc(C(C)(C)S(C)(=O)=O)cc4cccnc34)c2)c2ccc(S(C)(=O)=O)cc2)[nH+]1.O=S(=O)([O-])c1ccccc1. The summed E-state index contributed by atoms with van der Waals surface area (Å²) in [4.78, 5) is 7.77. The second-order valence-corrected chi connectivity index (χ2v) is 18.3. The van der Waals surface area contributed by atoms with Crippen LogP contribution in [0.4, 0.5) is 0 Å². The van der Waals surface area contributed by atoms with Gasteiger partial charge in [-0.05, 0) is 90.7 Å². The standard InChI is InChI=1S/C31H29N3O5S2.C6H6O3S/c1-20-33-30(39-34-20)28(22-11-13-26(14-12-22)40(4,35)36)17-21-8-6-9-23(16-21)27-19-25(31(2,3)41(5,37)38)18-24-10-7-15-32-29(24)27;7-10(8,9)6-4-2-1-3-5-6/h6-19H,1-5H3;1-5H,(H,7,8,9)/b28-17+;. The van der Waals surface area contributed by atoms with E-state index in [1.54, 1.807) is 57.3 Å². The Bertz CT molecular complexity index is 2580. The molecule has 1 N–H and O–H groups in total. The van der Waals surface area contributed by atoms with Crippen molar-refractivity contribution in [2.75, 3.05) is 12.5 Å². The molecule has 264 valence electrons. The number of H-pyrrole nitrogens is 1. The first kappa shape index (κ1) is 37.2. The maximum Gasteiger partial charge on any atom is 0.346 e. The number of sulfone groups is 2. The zero-order valence-corrected chi connectivity index (χ0v) is 30.8. The number of aromatic amines is 1. The van der Waals surface area contributed by atoms with E-state index in [0.29, 0.717) is 22.9 Å². The molecule has 0 aliphatic heterocycles. The van der Waals surface area contributed by atoms with Gasteiger partial charge in [0.1, 0.15) is 10.1 Å². The van der Waals surface area contributed by atoms with Crippen LogP contribution in [0, 0.1) is 6.92 Å². The lowest BCUT2D eigenvalue weighted by Crippen LogP contribution is -2.28. The molecule has 0 spiro atoms. The van der Waals surface area contributed by atoms with E-state index in [1.165, 1.54) is 36.8 Å². The largest absolute Gasteiger partial charge is 0.744 e. The van der Waals surface area contributed by atoms with Crippen LogP contribution in [-0.2, 0) is 34.5 Å². The van der Waals surface area contributed by atoms with Gasteiger partial charge in [0.25, 0.3) is 0 Å². The number of fused-ring (bicyclic) bond motifs is 1. The molecule has 6 aromatic rings. The molecule has 0 saturated heterocycles. The molecular weight excluding hydrogens is 711 g/mol. The molecule has 0 radical (unpaired) electrons. The van der Waals surface area contributed by atoms with Crippen molar-refractivity contribution in [3.63, 3.8) is 0 Å². The average Bonchev–Trinajstić information content (AvgIpc) is 3.52. The van der Waals surface area contributed by atoms with Crippen LogP contribution >= 0.6 is 0 Å². The molecule has 2 aromatic heterocycles. The summed E-state index contributed by atoms with van der Waals surface area (Å²) in [6.45, 7) is 5.20. The molecule has 2 heterocycles. The Morgan fingerprint density at radius 3 is 2.06 bits per heavy atom. The number of rotatable bonds is 8. The van der Waals surface area contributed by atoms with Crippen molar-refractivity contribution in [3.8, 4) is 11.1 Å².